The lowest BCUT2D eigenvalue weighted by atomic mass is 10.1. The highest BCUT2D eigenvalue weighted by molar-refractivity contribution is 5.61. The summed E-state index contributed by atoms with van der Waals surface area (Å²) in [6.45, 7) is 2.26. The van der Waals surface area contributed by atoms with Gasteiger partial charge in [-0.05, 0) is 18.9 Å². The van der Waals surface area contributed by atoms with Crippen LogP contribution in [0.1, 0.15) is 83.1 Å². The lowest BCUT2D eigenvalue weighted by molar-refractivity contribution is 0.403. The van der Waals surface area contributed by atoms with E-state index in [1.54, 1.807) is 6.07 Å². The summed E-state index contributed by atoms with van der Waals surface area (Å²) in [5.74, 6) is -0.0806. The molecule has 0 aromatic heterocycles. The Bertz CT molecular complexity index is 424. The maximum absolute atomic E-state index is 9.67. The average Bonchev–Trinajstić information content (AvgIpc) is 2.52. The van der Waals surface area contributed by atoms with Gasteiger partial charge in [-0.15, -0.1) is 0 Å². The molecule has 22 heavy (non-hydrogen) atoms. The number of benzene rings is 1. The Morgan fingerprint density at radius 1 is 0.818 bits per heavy atom. The fourth-order valence-electron chi connectivity index (χ4n) is 2.64. The summed E-state index contributed by atoms with van der Waals surface area (Å²) >= 11 is 0. The van der Waals surface area contributed by atoms with Gasteiger partial charge >= 0.3 is 0 Å². The predicted molar refractivity (Wildman–Crippen MR) is 95.3 cm³/mol. The quantitative estimate of drug-likeness (QED) is 0.345. The Kier molecular flexibility index (Phi) is 10.3. The summed E-state index contributed by atoms with van der Waals surface area (Å²) in [5.41, 5.74) is 0.687. The molecule has 1 aromatic carbocycles. The standard InChI is InChI=1S/C20H32O2/c1-2-3-4-5-6-7-8-9-10-11-12-13-15-18-16-14-17-19(21)20(18)22/h13-17,21-22H,2-12H2,1H3. The van der Waals surface area contributed by atoms with Gasteiger partial charge in [0.25, 0.3) is 0 Å². The largest absolute Gasteiger partial charge is 0.504 e. The third-order valence-corrected chi connectivity index (χ3v) is 4.07. The molecular formula is C20H32O2. The zero-order valence-corrected chi connectivity index (χ0v) is 14.1. The van der Waals surface area contributed by atoms with Crippen molar-refractivity contribution in [3.8, 4) is 11.5 Å². The van der Waals surface area contributed by atoms with Gasteiger partial charge < -0.3 is 10.2 Å². The summed E-state index contributed by atoms with van der Waals surface area (Å²) in [7, 11) is 0. The van der Waals surface area contributed by atoms with Crippen LogP contribution < -0.4 is 0 Å². The van der Waals surface area contributed by atoms with Crippen molar-refractivity contribution in [2.24, 2.45) is 0 Å². The molecule has 0 saturated heterocycles. The minimum Gasteiger partial charge on any atom is -0.504 e. The van der Waals surface area contributed by atoms with Crippen molar-refractivity contribution in [1.29, 1.82) is 0 Å². The zero-order valence-electron chi connectivity index (χ0n) is 14.1. The van der Waals surface area contributed by atoms with Crippen molar-refractivity contribution in [3.05, 3.63) is 29.8 Å². The molecular weight excluding hydrogens is 272 g/mol. The summed E-state index contributed by atoms with van der Waals surface area (Å²) in [6.07, 6.45) is 18.5. The third kappa shape index (κ3) is 8.11. The van der Waals surface area contributed by atoms with Gasteiger partial charge in [-0.25, -0.2) is 0 Å². The molecule has 0 unspecified atom stereocenters. The Hall–Kier alpha value is -1.44. The molecule has 0 aliphatic heterocycles. The Balaban J connectivity index is 1.99. The van der Waals surface area contributed by atoms with E-state index in [9.17, 15) is 10.2 Å². The van der Waals surface area contributed by atoms with Gasteiger partial charge in [-0.1, -0.05) is 89.0 Å². The van der Waals surface area contributed by atoms with E-state index in [2.05, 4.69) is 13.0 Å². The summed E-state index contributed by atoms with van der Waals surface area (Å²) in [6, 6.07) is 5.05. The van der Waals surface area contributed by atoms with Crippen LogP contribution in [0.3, 0.4) is 0 Å². The molecule has 2 heteroatoms. The molecule has 0 amide bonds. The monoisotopic (exact) mass is 304 g/mol. The summed E-state index contributed by atoms with van der Waals surface area (Å²) < 4.78 is 0. The van der Waals surface area contributed by atoms with E-state index in [1.807, 2.05) is 12.1 Å². The Labute approximate surface area is 135 Å². The minimum absolute atomic E-state index is 0.0261. The smallest absolute Gasteiger partial charge is 0.164 e. The van der Waals surface area contributed by atoms with E-state index in [0.717, 1.165) is 6.42 Å². The number of hydrogen-bond donors (Lipinski definition) is 2. The maximum Gasteiger partial charge on any atom is 0.164 e. The summed E-state index contributed by atoms with van der Waals surface area (Å²) in [5, 5.41) is 19.1. The van der Waals surface area contributed by atoms with Crippen molar-refractivity contribution in [2.75, 3.05) is 0 Å². The van der Waals surface area contributed by atoms with Crippen LogP contribution in [-0.2, 0) is 0 Å². The normalized spacial score (nSPS) is 11.3. The Morgan fingerprint density at radius 2 is 1.41 bits per heavy atom. The molecule has 0 radical (unpaired) electrons. The molecule has 0 aliphatic carbocycles. The number of para-hydroxylation sites is 1. The molecule has 0 saturated carbocycles. The molecule has 0 fully saturated rings. The van der Waals surface area contributed by atoms with Crippen LogP contribution in [0, 0.1) is 0 Å². The fourth-order valence-corrected chi connectivity index (χ4v) is 2.64. The molecule has 2 N–H and O–H groups in total. The van der Waals surface area contributed by atoms with E-state index in [0.29, 0.717) is 5.56 Å². The summed E-state index contributed by atoms with van der Waals surface area (Å²) in [4.78, 5) is 0. The molecule has 0 bridgehead atoms. The zero-order chi connectivity index (χ0) is 16.0. The molecule has 0 aliphatic rings. The van der Waals surface area contributed by atoms with Gasteiger partial charge in [0, 0.05) is 5.56 Å². The van der Waals surface area contributed by atoms with Gasteiger partial charge in [0.15, 0.2) is 11.5 Å². The van der Waals surface area contributed by atoms with Gasteiger partial charge in [0.2, 0.25) is 0 Å². The first kappa shape index (κ1) is 18.6. The maximum atomic E-state index is 9.67. The number of allylic oxidation sites excluding steroid dienone is 1. The second-order valence-electron chi connectivity index (χ2n) is 6.09. The van der Waals surface area contributed by atoms with Crippen molar-refractivity contribution >= 4 is 6.08 Å². The molecule has 124 valence electrons. The van der Waals surface area contributed by atoms with Crippen LogP contribution in [0.2, 0.25) is 0 Å². The van der Waals surface area contributed by atoms with Crippen LogP contribution in [0.4, 0.5) is 0 Å². The highest BCUT2D eigenvalue weighted by atomic mass is 16.3. The number of phenolic OH excluding ortho intramolecular Hbond substituents is 2. The highest BCUT2D eigenvalue weighted by Gasteiger charge is 2.01. The van der Waals surface area contributed by atoms with E-state index in [-0.39, 0.29) is 11.5 Å². The molecule has 2 nitrogen and oxygen atoms in total. The number of hydrogen-bond acceptors (Lipinski definition) is 2. The van der Waals surface area contributed by atoms with E-state index in [1.165, 1.54) is 70.3 Å². The second-order valence-corrected chi connectivity index (χ2v) is 6.09. The molecule has 1 rings (SSSR count). The van der Waals surface area contributed by atoms with Crippen LogP contribution in [-0.4, -0.2) is 10.2 Å². The average molecular weight is 304 g/mol. The topological polar surface area (TPSA) is 40.5 Å². The number of rotatable bonds is 12. The fraction of sp³-hybridized carbons (Fsp3) is 0.600. The van der Waals surface area contributed by atoms with E-state index < -0.39 is 0 Å². The lowest BCUT2D eigenvalue weighted by Crippen LogP contribution is -1.81. The van der Waals surface area contributed by atoms with Gasteiger partial charge in [-0.3, -0.25) is 0 Å². The molecule has 0 atom stereocenters. The SMILES string of the molecule is CCCCCCCCCCCCC=Cc1cccc(O)c1O. The lowest BCUT2D eigenvalue weighted by Gasteiger charge is -2.02. The molecule has 0 heterocycles. The third-order valence-electron chi connectivity index (χ3n) is 4.07. The number of unbranched alkanes of at least 4 members (excludes halogenated alkanes) is 10. The van der Waals surface area contributed by atoms with Crippen molar-refractivity contribution in [2.45, 2.75) is 77.6 Å². The van der Waals surface area contributed by atoms with Crippen molar-refractivity contribution in [1.82, 2.24) is 0 Å². The minimum atomic E-state index is -0.0545. The predicted octanol–water partition coefficient (Wildman–Crippen LogP) is 6.42. The van der Waals surface area contributed by atoms with Crippen molar-refractivity contribution < 1.29 is 10.2 Å². The van der Waals surface area contributed by atoms with Gasteiger partial charge in [-0.2, -0.15) is 0 Å². The van der Waals surface area contributed by atoms with Crippen LogP contribution in [0.25, 0.3) is 6.08 Å². The van der Waals surface area contributed by atoms with Crippen LogP contribution in [0.15, 0.2) is 24.3 Å². The van der Waals surface area contributed by atoms with E-state index in [4.69, 9.17) is 0 Å². The highest BCUT2D eigenvalue weighted by Crippen LogP contribution is 2.29. The number of phenols is 2. The first-order valence-electron chi connectivity index (χ1n) is 8.93. The molecule has 1 aromatic rings. The first-order valence-corrected chi connectivity index (χ1v) is 8.93. The van der Waals surface area contributed by atoms with Crippen LogP contribution in [0.5, 0.6) is 11.5 Å². The Morgan fingerprint density at radius 3 is 2.05 bits per heavy atom. The van der Waals surface area contributed by atoms with Crippen LogP contribution >= 0.6 is 0 Å². The molecule has 0 spiro atoms. The first-order chi connectivity index (χ1) is 10.8. The number of aromatic hydroxyl groups is 2. The van der Waals surface area contributed by atoms with Crippen molar-refractivity contribution in [3.63, 3.8) is 0 Å². The van der Waals surface area contributed by atoms with E-state index >= 15 is 0 Å². The van der Waals surface area contributed by atoms with Gasteiger partial charge in [0.1, 0.15) is 0 Å². The van der Waals surface area contributed by atoms with Gasteiger partial charge in [0.05, 0.1) is 0 Å². The second kappa shape index (κ2) is 12.1.